The first-order valence-electron chi connectivity index (χ1n) is 8.87. The Hall–Kier alpha value is -2.22. The number of aryl methyl sites for hydroxylation is 2. The topological polar surface area (TPSA) is 83.2 Å². The first kappa shape index (κ1) is 17.6. The minimum Gasteiger partial charge on any atom is -0.363 e. The fourth-order valence-electron chi connectivity index (χ4n) is 3.04. The van der Waals surface area contributed by atoms with Crippen LogP contribution in [0.5, 0.6) is 0 Å². The Morgan fingerprint density at radius 1 is 1.32 bits per heavy atom. The third-order valence-electron chi connectivity index (χ3n) is 4.32. The molecule has 1 aliphatic heterocycles. The molecular weight excluding hydrogens is 318 g/mol. The Balaban J connectivity index is 1.61. The highest BCUT2D eigenvalue weighted by atomic mass is 16.5. The van der Waals surface area contributed by atoms with Crippen molar-refractivity contribution in [1.82, 2.24) is 25.0 Å². The first-order valence-corrected chi connectivity index (χ1v) is 8.87. The van der Waals surface area contributed by atoms with E-state index in [0.717, 1.165) is 56.2 Å². The van der Waals surface area contributed by atoms with Gasteiger partial charge in [0.2, 0.25) is 11.8 Å². The molecule has 8 nitrogen and oxygen atoms in total. The van der Waals surface area contributed by atoms with Crippen molar-refractivity contribution >= 4 is 11.8 Å². The molecule has 0 aliphatic carbocycles. The summed E-state index contributed by atoms with van der Waals surface area (Å²) in [5, 5.41) is 7.55. The molecule has 1 saturated heterocycles. The molecule has 136 valence electrons. The number of rotatable bonds is 6. The predicted octanol–water partition coefficient (Wildman–Crippen LogP) is 1.87. The van der Waals surface area contributed by atoms with Gasteiger partial charge >= 0.3 is 0 Å². The van der Waals surface area contributed by atoms with Gasteiger partial charge in [-0.1, -0.05) is 12.1 Å². The van der Waals surface area contributed by atoms with Crippen LogP contribution in [0.15, 0.2) is 10.6 Å². The molecule has 3 rings (SSSR count). The lowest BCUT2D eigenvalue weighted by Gasteiger charge is -2.32. The molecule has 1 aliphatic rings. The van der Waals surface area contributed by atoms with Crippen LogP contribution in [-0.2, 0) is 13.0 Å². The van der Waals surface area contributed by atoms with Gasteiger partial charge in [-0.05, 0) is 26.3 Å². The van der Waals surface area contributed by atoms with E-state index in [1.54, 1.807) is 0 Å². The van der Waals surface area contributed by atoms with Crippen molar-refractivity contribution in [2.45, 2.75) is 45.7 Å². The lowest BCUT2D eigenvalue weighted by atomic mass is 10.1. The highest BCUT2D eigenvalue weighted by Gasteiger charge is 2.22. The van der Waals surface area contributed by atoms with Crippen LogP contribution in [0.1, 0.15) is 37.2 Å². The van der Waals surface area contributed by atoms with Gasteiger partial charge in [0.25, 0.3) is 0 Å². The molecule has 0 amide bonds. The number of likely N-dealkylation sites (tertiary alicyclic amines) is 1. The van der Waals surface area contributed by atoms with E-state index < -0.39 is 0 Å². The molecule has 1 unspecified atom stereocenters. The van der Waals surface area contributed by atoms with Crippen LogP contribution in [-0.4, -0.2) is 58.2 Å². The van der Waals surface area contributed by atoms with Gasteiger partial charge in [-0.2, -0.15) is 9.97 Å². The van der Waals surface area contributed by atoms with Crippen molar-refractivity contribution in [3.63, 3.8) is 0 Å². The van der Waals surface area contributed by atoms with Gasteiger partial charge < -0.3 is 14.7 Å². The van der Waals surface area contributed by atoms with E-state index >= 15 is 0 Å². The number of hydrogen-bond acceptors (Lipinski definition) is 8. The molecule has 1 atom stereocenters. The Morgan fingerprint density at radius 3 is 2.88 bits per heavy atom. The van der Waals surface area contributed by atoms with Crippen LogP contribution < -0.4 is 10.2 Å². The van der Waals surface area contributed by atoms with E-state index in [1.165, 1.54) is 0 Å². The second-order valence-electron chi connectivity index (χ2n) is 6.76. The van der Waals surface area contributed by atoms with E-state index in [1.807, 2.05) is 38.9 Å². The van der Waals surface area contributed by atoms with Crippen LogP contribution in [0.4, 0.5) is 11.8 Å². The zero-order valence-corrected chi connectivity index (χ0v) is 15.5. The molecule has 2 aromatic heterocycles. The number of aromatic nitrogens is 4. The maximum Gasteiger partial charge on any atom is 0.226 e. The largest absolute Gasteiger partial charge is 0.363 e. The lowest BCUT2D eigenvalue weighted by Crippen LogP contribution is -2.42. The van der Waals surface area contributed by atoms with Crippen LogP contribution >= 0.6 is 0 Å². The van der Waals surface area contributed by atoms with Gasteiger partial charge in [0.05, 0.1) is 6.54 Å². The summed E-state index contributed by atoms with van der Waals surface area (Å²) in [7, 11) is 3.98. The molecule has 2 aromatic rings. The monoisotopic (exact) mass is 345 g/mol. The van der Waals surface area contributed by atoms with E-state index in [4.69, 9.17) is 4.52 Å². The minimum atomic E-state index is 0.322. The molecule has 1 fully saturated rings. The van der Waals surface area contributed by atoms with Gasteiger partial charge in [0.1, 0.15) is 5.82 Å². The van der Waals surface area contributed by atoms with Crippen LogP contribution in [0.25, 0.3) is 0 Å². The second kappa shape index (κ2) is 7.77. The van der Waals surface area contributed by atoms with Gasteiger partial charge in [0.15, 0.2) is 5.82 Å². The number of piperidine rings is 1. The van der Waals surface area contributed by atoms with Crippen molar-refractivity contribution in [2.75, 3.05) is 37.4 Å². The third kappa shape index (κ3) is 4.66. The summed E-state index contributed by atoms with van der Waals surface area (Å²) in [4.78, 5) is 17.9. The first-order chi connectivity index (χ1) is 12.0. The Morgan fingerprint density at radius 2 is 2.16 bits per heavy atom. The van der Waals surface area contributed by atoms with Crippen molar-refractivity contribution in [3.8, 4) is 0 Å². The summed E-state index contributed by atoms with van der Waals surface area (Å²) < 4.78 is 5.20. The predicted molar refractivity (Wildman–Crippen MR) is 96.7 cm³/mol. The van der Waals surface area contributed by atoms with E-state index in [-0.39, 0.29) is 0 Å². The van der Waals surface area contributed by atoms with Crippen LogP contribution in [0, 0.1) is 6.92 Å². The lowest BCUT2D eigenvalue weighted by molar-refractivity contribution is 0.201. The maximum absolute atomic E-state index is 5.20. The van der Waals surface area contributed by atoms with Crippen LogP contribution in [0.3, 0.4) is 0 Å². The summed E-state index contributed by atoms with van der Waals surface area (Å²) in [6.45, 7) is 6.70. The Bertz CT molecular complexity index is 700. The molecule has 3 heterocycles. The molecule has 8 heteroatoms. The van der Waals surface area contributed by atoms with E-state index in [0.29, 0.717) is 17.9 Å². The van der Waals surface area contributed by atoms with Gasteiger partial charge in [-0.15, -0.1) is 0 Å². The quantitative estimate of drug-likeness (QED) is 0.849. The average Bonchev–Trinajstić information content (AvgIpc) is 3.02. The van der Waals surface area contributed by atoms with E-state index in [9.17, 15) is 0 Å². The summed E-state index contributed by atoms with van der Waals surface area (Å²) in [5.41, 5.74) is 0.966. The highest BCUT2D eigenvalue weighted by molar-refractivity contribution is 5.43. The van der Waals surface area contributed by atoms with E-state index in [2.05, 4.69) is 30.3 Å². The average molecular weight is 345 g/mol. The van der Waals surface area contributed by atoms with Gasteiger partial charge in [-0.25, -0.2) is 4.98 Å². The third-order valence-corrected chi connectivity index (χ3v) is 4.32. The molecule has 1 N–H and O–H groups in total. The molecule has 0 spiro atoms. The Labute approximate surface area is 148 Å². The summed E-state index contributed by atoms with van der Waals surface area (Å²) in [6, 6.07) is 2.31. The number of nitrogens with zero attached hydrogens (tertiary/aromatic N) is 6. The zero-order valence-electron chi connectivity index (χ0n) is 15.5. The zero-order chi connectivity index (χ0) is 17.8. The fraction of sp³-hybridized carbons (Fsp3) is 0.647. The number of anilines is 2. The molecule has 0 bridgehead atoms. The molecular formula is C17H27N7O. The smallest absolute Gasteiger partial charge is 0.226 e. The van der Waals surface area contributed by atoms with Crippen molar-refractivity contribution < 1.29 is 4.52 Å². The maximum atomic E-state index is 5.20. The van der Waals surface area contributed by atoms with Gasteiger partial charge in [-0.3, -0.25) is 4.90 Å². The molecule has 25 heavy (non-hydrogen) atoms. The number of hydrogen-bond donors (Lipinski definition) is 1. The molecule has 0 aromatic carbocycles. The summed E-state index contributed by atoms with van der Waals surface area (Å²) in [5.74, 6) is 3.08. The second-order valence-corrected chi connectivity index (χ2v) is 6.76. The minimum absolute atomic E-state index is 0.322. The van der Waals surface area contributed by atoms with Crippen LogP contribution in [0.2, 0.25) is 0 Å². The normalized spacial score (nSPS) is 18.3. The fourth-order valence-corrected chi connectivity index (χ4v) is 3.04. The van der Waals surface area contributed by atoms with Crippen molar-refractivity contribution in [2.24, 2.45) is 0 Å². The van der Waals surface area contributed by atoms with Crippen molar-refractivity contribution in [1.29, 1.82) is 0 Å². The van der Waals surface area contributed by atoms with Gasteiger partial charge in [0, 0.05) is 44.9 Å². The highest BCUT2D eigenvalue weighted by Crippen LogP contribution is 2.18. The summed E-state index contributed by atoms with van der Waals surface area (Å²) in [6.07, 6.45) is 3.01. The number of nitrogens with one attached hydrogen (secondary N) is 1. The molecule has 0 saturated carbocycles. The standard InChI is InChI=1S/C17H27N7O/c1-5-16-20-14(22-25-16)11-24-8-6-7-13(10-24)19-17-18-12(2)9-15(21-17)23(3)4/h9,13H,5-8,10-11H2,1-4H3,(H,18,19,21). The molecule has 0 radical (unpaired) electrons. The van der Waals surface area contributed by atoms with Crippen molar-refractivity contribution in [3.05, 3.63) is 23.5 Å². The summed E-state index contributed by atoms with van der Waals surface area (Å²) >= 11 is 0. The SMILES string of the molecule is CCc1nc(CN2CCCC(Nc3nc(C)cc(N(C)C)n3)C2)no1. The Kier molecular flexibility index (Phi) is 5.47.